The second-order valence-electron chi connectivity index (χ2n) is 13.2. The van der Waals surface area contributed by atoms with Gasteiger partial charge in [0, 0.05) is 27.7 Å². The molecule has 1 fully saturated rings. The average Bonchev–Trinajstić information content (AvgIpc) is 3.18. The number of esters is 4. The summed E-state index contributed by atoms with van der Waals surface area (Å²) in [6, 6.07) is 28.5. The Morgan fingerprint density at radius 2 is 1.11 bits per heavy atom. The van der Waals surface area contributed by atoms with Gasteiger partial charge in [0.05, 0.1) is 39.6 Å². The van der Waals surface area contributed by atoms with E-state index in [4.69, 9.17) is 52.4 Å². The minimum atomic E-state index is -1.59. The predicted octanol–water partition coefficient (Wildman–Crippen LogP) is 4.81. The van der Waals surface area contributed by atoms with Crippen molar-refractivity contribution < 1.29 is 71.6 Å². The number of hydrogen-bond acceptors (Lipinski definition) is 15. The van der Waals surface area contributed by atoms with E-state index in [1.165, 1.54) is 14.0 Å². The molecule has 310 valence electrons. The highest BCUT2D eigenvalue weighted by Crippen LogP contribution is 2.33. The van der Waals surface area contributed by atoms with Gasteiger partial charge in [0.1, 0.15) is 31.0 Å². The van der Waals surface area contributed by atoms with Crippen LogP contribution in [0.25, 0.3) is 0 Å². The van der Waals surface area contributed by atoms with Crippen molar-refractivity contribution in [2.45, 2.75) is 110 Å². The van der Waals surface area contributed by atoms with Crippen molar-refractivity contribution in [2.24, 2.45) is 0 Å². The third kappa shape index (κ3) is 14.9. The number of carbonyl (C=O) groups excluding carboxylic acids is 4. The summed E-state index contributed by atoms with van der Waals surface area (Å²) in [6.45, 7) is 6.35. The van der Waals surface area contributed by atoms with Crippen LogP contribution in [0.1, 0.15) is 51.3 Å². The van der Waals surface area contributed by atoms with Crippen LogP contribution in [-0.4, -0.2) is 99.3 Å². The largest absolute Gasteiger partial charge is 0.463 e. The van der Waals surface area contributed by atoms with E-state index in [9.17, 15) is 19.2 Å². The average molecular weight is 797 g/mol. The first-order valence-electron chi connectivity index (χ1n) is 18.5. The molecule has 3 aromatic rings. The molecule has 57 heavy (non-hydrogen) atoms. The molecule has 15 heteroatoms. The SMILES string of the molecule is COOC(COCc1ccccc1)[C@@H](O[C@@H]1OC(COC(C)=O)[C@@H](OC(C)=O)C(OC(C)=O)C1OC(C)=O)C(OCc1ccccc1)[C@@H](C)OCc1ccccc1. The lowest BCUT2D eigenvalue weighted by atomic mass is 9.97. The minimum Gasteiger partial charge on any atom is -0.463 e. The molecule has 0 spiro atoms. The Morgan fingerprint density at radius 1 is 0.614 bits per heavy atom. The molecule has 4 rings (SSSR count). The van der Waals surface area contributed by atoms with Crippen molar-refractivity contribution in [2.75, 3.05) is 20.3 Å². The van der Waals surface area contributed by atoms with Gasteiger partial charge in [-0.1, -0.05) is 91.0 Å². The zero-order valence-corrected chi connectivity index (χ0v) is 33.0. The fourth-order valence-electron chi connectivity index (χ4n) is 6.16. The maximum Gasteiger partial charge on any atom is 0.303 e. The Labute approximate surface area is 332 Å². The molecule has 0 N–H and O–H groups in total. The molecule has 0 saturated carbocycles. The van der Waals surface area contributed by atoms with Crippen LogP contribution in [0, 0.1) is 0 Å². The van der Waals surface area contributed by atoms with Crippen LogP contribution >= 0.6 is 0 Å². The normalized spacial score (nSPS) is 21.3. The smallest absolute Gasteiger partial charge is 0.303 e. The Morgan fingerprint density at radius 3 is 1.61 bits per heavy atom. The highest BCUT2D eigenvalue weighted by molar-refractivity contribution is 5.68. The first kappa shape index (κ1) is 45.0. The molecule has 0 radical (unpaired) electrons. The fraction of sp³-hybridized carbons (Fsp3) is 0.476. The first-order chi connectivity index (χ1) is 27.4. The van der Waals surface area contributed by atoms with E-state index in [1.807, 2.05) is 91.0 Å². The monoisotopic (exact) mass is 796 g/mol. The van der Waals surface area contributed by atoms with Gasteiger partial charge in [-0.25, -0.2) is 9.78 Å². The summed E-state index contributed by atoms with van der Waals surface area (Å²) in [6.07, 6.45) is -11.3. The Kier molecular flexibility index (Phi) is 18.5. The van der Waals surface area contributed by atoms with Gasteiger partial charge >= 0.3 is 23.9 Å². The van der Waals surface area contributed by atoms with Gasteiger partial charge in [0.2, 0.25) is 0 Å². The summed E-state index contributed by atoms with van der Waals surface area (Å²) in [7, 11) is 1.32. The lowest BCUT2D eigenvalue weighted by Gasteiger charge is -2.46. The van der Waals surface area contributed by atoms with E-state index in [-0.39, 0.29) is 26.4 Å². The summed E-state index contributed by atoms with van der Waals surface area (Å²) >= 11 is 0. The van der Waals surface area contributed by atoms with Crippen LogP contribution in [0.3, 0.4) is 0 Å². The molecule has 9 atom stereocenters. The molecule has 15 nitrogen and oxygen atoms in total. The van der Waals surface area contributed by atoms with Crippen molar-refractivity contribution in [3.63, 3.8) is 0 Å². The van der Waals surface area contributed by atoms with Crippen LogP contribution in [0.2, 0.25) is 0 Å². The Hall–Kier alpha value is -4.74. The van der Waals surface area contributed by atoms with Gasteiger partial charge in [-0.15, -0.1) is 0 Å². The van der Waals surface area contributed by atoms with Gasteiger partial charge in [-0.3, -0.25) is 19.2 Å². The molecular formula is C42H52O15. The van der Waals surface area contributed by atoms with Gasteiger partial charge in [0.15, 0.2) is 24.6 Å². The van der Waals surface area contributed by atoms with E-state index >= 15 is 0 Å². The van der Waals surface area contributed by atoms with E-state index in [0.29, 0.717) is 0 Å². The molecule has 1 heterocycles. The Balaban J connectivity index is 1.80. The molecule has 0 bridgehead atoms. The quantitative estimate of drug-likeness (QED) is 0.0587. The van der Waals surface area contributed by atoms with E-state index in [1.54, 1.807) is 6.92 Å². The second-order valence-corrected chi connectivity index (χ2v) is 13.2. The van der Waals surface area contributed by atoms with Gasteiger partial charge in [-0.05, 0) is 23.6 Å². The molecule has 1 aliphatic rings. The maximum absolute atomic E-state index is 12.7. The highest BCUT2D eigenvalue weighted by Gasteiger charge is 2.54. The topological polar surface area (TPSA) is 170 Å². The number of ether oxygens (including phenoxy) is 9. The van der Waals surface area contributed by atoms with Crippen molar-refractivity contribution >= 4 is 23.9 Å². The molecule has 3 aromatic carbocycles. The molecule has 1 saturated heterocycles. The fourth-order valence-corrected chi connectivity index (χ4v) is 6.16. The third-order valence-electron chi connectivity index (χ3n) is 8.65. The van der Waals surface area contributed by atoms with Crippen molar-refractivity contribution in [3.8, 4) is 0 Å². The van der Waals surface area contributed by atoms with Crippen LogP contribution < -0.4 is 0 Å². The summed E-state index contributed by atoms with van der Waals surface area (Å²) in [4.78, 5) is 60.6. The van der Waals surface area contributed by atoms with E-state index < -0.39 is 85.6 Å². The lowest BCUT2D eigenvalue weighted by Crippen LogP contribution is -2.64. The van der Waals surface area contributed by atoms with Crippen LogP contribution in [0.15, 0.2) is 91.0 Å². The molecule has 0 aromatic heterocycles. The zero-order chi connectivity index (χ0) is 41.2. The molecule has 5 unspecified atom stereocenters. The number of hydrogen-bond donors (Lipinski definition) is 0. The third-order valence-corrected chi connectivity index (χ3v) is 8.65. The summed E-state index contributed by atoms with van der Waals surface area (Å²) in [5.41, 5.74) is 2.63. The summed E-state index contributed by atoms with van der Waals surface area (Å²) in [5.74, 6) is -3.02. The lowest BCUT2D eigenvalue weighted by molar-refractivity contribution is -0.372. The molecular weight excluding hydrogens is 744 g/mol. The number of benzene rings is 3. The standard InChI is InChI=1S/C42H52O15/c1-27(49-23-33-18-12-8-13-19-33)37(51-24-34-20-14-9-15-21-34)39(36(57-47-6)25-48-22-32-16-10-7-11-17-32)56-42-41(54-31(5)46)40(53-30(4)45)38(52-29(3)44)35(55-42)26-50-28(2)43/h7-21,27,35-42H,22-26H2,1-6H3/t27-,35?,36?,37?,38-,39-,40?,41?,42+/m1/s1. The van der Waals surface area contributed by atoms with Crippen molar-refractivity contribution in [3.05, 3.63) is 108 Å². The van der Waals surface area contributed by atoms with Crippen LogP contribution in [0.5, 0.6) is 0 Å². The minimum absolute atomic E-state index is 0.105. The van der Waals surface area contributed by atoms with Gasteiger partial charge in [-0.2, -0.15) is 0 Å². The first-order valence-corrected chi connectivity index (χ1v) is 18.5. The molecule has 0 amide bonds. The van der Waals surface area contributed by atoms with E-state index in [2.05, 4.69) is 0 Å². The number of rotatable bonds is 22. The van der Waals surface area contributed by atoms with Crippen LogP contribution in [0.4, 0.5) is 0 Å². The van der Waals surface area contributed by atoms with Gasteiger partial charge in [0.25, 0.3) is 0 Å². The molecule has 1 aliphatic heterocycles. The van der Waals surface area contributed by atoms with Crippen molar-refractivity contribution in [1.82, 2.24) is 0 Å². The van der Waals surface area contributed by atoms with Crippen LogP contribution in [-0.2, 0) is 91.4 Å². The summed E-state index contributed by atoms with van der Waals surface area (Å²) < 4.78 is 54.5. The van der Waals surface area contributed by atoms with Gasteiger partial charge < -0.3 is 42.6 Å². The maximum atomic E-state index is 12.7. The highest BCUT2D eigenvalue weighted by atomic mass is 17.2. The molecule has 0 aliphatic carbocycles. The second kappa shape index (κ2) is 23.5. The summed E-state index contributed by atoms with van der Waals surface area (Å²) in [5, 5.41) is 0. The number of carbonyl (C=O) groups is 4. The zero-order valence-electron chi connectivity index (χ0n) is 33.0. The van der Waals surface area contributed by atoms with Crippen molar-refractivity contribution in [1.29, 1.82) is 0 Å². The van der Waals surface area contributed by atoms with E-state index in [0.717, 1.165) is 37.5 Å². The Bertz CT molecular complexity index is 1660. The predicted molar refractivity (Wildman–Crippen MR) is 201 cm³/mol.